The van der Waals surface area contributed by atoms with Crippen molar-refractivity contribution in [1.82, 2.24) is 14.8 Å². The Bertz CT molecular complexity index is 949. The number of halogens is 1. The Morgan fingerprint density at radius 3 is 2.62 bits per heavy atom. The van der Waals surface area contributed by atoms with Gasteiger partial charge in [-0.2, -0.15) is 0 Å². The zero-order chi connectivity index (χ0) is 20.6. The summed E-state index contributed by atoms with van der Waals surface area (Å²) >= 11 is 7.74. The van der Waals surface area contributed by atoms with Crippen molar-refractivity contribution in [2.24, 2.45) is 0 Å². The van der Waals surface area contributed by atoms with Gasteiger partial charge in [-0.25, -0.2) is 0 Å². The number of ether oxygens (including phenoxy) is 1. The second-order valence-electron chi connectivity index (χ2n) is 6.40. The molecule has 2 aromatic carbocycles. The molecule has 3 rings (SSSR count). The molecule has 0 radical (unpaired) electrons. The second kappa shape index (κ2) is 10.4. The van der Waals surface area contributed by atoms with Crippen molar-refractivity contribution in [2.45, 2.75) is 30.3 Å². The Morgan fingerprint density at radius 2 is 1.90 bits per heavy atom. The largest absolute Gasteiger partial charge is 0.385 e. The number of nitrogens with zero attached hydrogens (tertiary/aromatic N) is 3. The van der Waals surface area contributed by atoms with Gasteiger partial charge in [-0.05, 0) is 37.6 Å². The van der Waals surface area contributed by atoms with E-state index in [1.807, 2.05) is 66.1 Å². The lowest BCUT2D eigenvalue weighted by Crippen LogP contribution is -2.23. The van der Waals surface area contributed by atoms with Crippen molar-refractivity contribution < 1.29 is 9.53 Å². The number of nitrogens with one attached hydrogen (secondary N) is 1. The van der Waals surface area contributed by atoms with E-state index in [4.69, 9.17) is 16.3 Å². The van der Waals surface area contributed by atoms with E-state index in [2.05, 4.69) is 15.5 Å². The molecule has 0 aliphatic carbocycles. The maximum Gasteiger partial charge on any atom is 0.237 e. The molecule has 0 saturated carbocycles. The SMILES string of the molecule is COCCCn1c(SC(C)C(=O)Nc2ccccc2)nnc1-c1ccccc1Cl. The van der Waals surface area contributed by atoms with Gasteiger partial charge >= 0.3 is 0 Å². The Morgan fingerprint density at radius 1 is 1.17 bits per heavy atom. The lowest BCUT2D eigenvalue weighted by atomic mass is 10.2. The number of carbonyl (C=O) groups excluding carboxylic acids is 1. The number of hydrogen-bond donors (Lipinski definition) is 1. The number of anilines is 1. The minimum atomic E-state index is -0.348. The molecule has 1 N–H and O–H groups in total. The molecule has 1 aromatic heterocycles. The quantitative estimate of drug-likeness (QED) is 0.391. The average molecular weight is 431 g/mol. The molecule has 29 heavy (non-hydrogen) atoms. The number of amides is 1. The lowest BCUT2D eigenvalue weighted by Gasteiger charge is -2.14. The second-order valence-corrected chi connectivity index (χ2v) is 8.11. The van der Waals surface area contributed by atoms with Crippen molar-refractivity contribution in [1.29, 1.82) is 0 Å². The molecule has 1 atom stereocenters. The van der Waals surface area contributed by atoms with Gasteiger partial charge in [0.15, 0.2) is 11.0 Å². The number of para-hydroxylation sites is 1. The summed E-state index contributed by atoms with van der Waals surface area (Å²) in [6.45, 7) is 3.14. The molecule has 1 amide bonds. The smallest absolute Gasteiger partial charge is 0.237 e. The zero-order valence-corrected chi connectivity index (χ0v) is 17.9. The van der Waals surface area contributed by atoms with E-state index in [1.165, 1.54) is 11.8 Å². The maximum atomic E-state index is 12.6. The number of aromatic nitrogens is 3. The van der Waals surface area contributed by atoms with Crippen LogP contribution in [0.1, 0.15) is 13.3 Å². The van der Waals surface area contributed by atoms with E-state index in [0.29, 0.717) is 29.2 Å². The van der Waals surface area contributed by atoms with Crippen molar-refractivity contribution in [3.05, 3.63) is 59.6 Å². The molecule has 0 aliphatic rings. The van der Waals surface area contributed by atoms with Crippen LogP contribution in [0.25, 0.3) is 11.4 Å². The van der Waals surface area contributed by atoms with Gasteiger partial charge in [-0.3, -0.25) is 4.79 Å². The third-order valence-corrected chi connectivity index (χ3v) is 5.66. The number of methoxy groups -OCH3 is 1. The molecule has 1 unspecified atom stereocenters. The lowest BCUT2D eigenvalue weighted by molar-refractivity contribution is -0.115. The van der Waals surface area contributed by atoms with E-state index < -0.39 is 0 Å². The predicted octanol–water partition coefficient (Wildman–Crippen LogP) is 4.75. The highest BCUT2D eigenvalue weighted by Crippen LogP contribution is 2.31. The van der Waals surface area contributed by atoms with Crippen LogP contribution in [0.3, 0.4) is 0 Å². The van der Waals surface area contributed by atoms with Crippen LogP contribution in [-0.2, 0) is 16.1 Å². The summed E-state index contributed by atoms with van der Waals surface area (Å²) in [7, 11) is 1.67. The summed E-state index contributed by atoms with van der Waals surface area (Å²) in [6.07, 6.45) is 0.796. The van der Waals surface area contributed by atoms with Gasteiger partial charge in [0.05, 0.1) is 10.3 Å². The standard InChI is InChI=1S/C21H23ClN4O2S/c1-15(20(27)23-16-9-4-3-5-10-16)29-21-25-24-19(26(21)13-8-14-28-2)17-11-6-7-12-18(17)22/h3-7,9-12,15H,8,13-14H2,1-2H3,(H,23,27). The van der Waals surface area contributed by atoms with Crippen LogP contribution in [0.5, 0.6) is 0 Å². The fraction of sp³-hybridized carbons (Fsp3) is 0.286. The minimum Gasteiger partial charge on any atom is -0.385 e. The first kappa shape index (κ1) is 21.4. The molecule has 0 fully saturated rings. The Kier molecular flexibility index (Phi) is 7.69. The van der Waals surface area contributed by atoms with Crippen LogP contribution in [0.15, 0.2) is 59.8 Å². The van der Waals surface area contributed by atoms with E-state index in [-0.39, 0.29) is 11.2 Å². The predicted molar refractivity (Wildman–Crippen MR) is 117 cm³/mol. The summed E-state index contributed by atoms with van der Waals surface area (Å²) in [5, 5.41) is 12.6. The van der Waals surface area contributed by atoms with Crippen LogP contribution >= 0.6 is 23.4 Å². The molecule has 0 aliphatic heterocycles. The molecule has 0 spiro atoms. The third-order valence-electron chi connectivity index (χ3n) is 4.25. The molecule has 0 bridgehead atoms. The van der Waals surface area contributed by atoms with E-state index in [0.717, 1.165) is 17.7 Å². The van der Waals surface area contributed by atoms with Crippen LogP contribution in [-0.4, -0.2) is 39.6 Å². The van der Waals surface area contributed by atoms with Gasteiger partial charge in [0.25, 0.3) is 0 Å². The first-order valence-electron chi connectivity index (χ1n) is 9.29. The van der Waals surface area contributed by atoms with Gasteiger partial charge < -0.3 is 14.6 Å². The summed E-state index contributed by atoms with van der Waals surface area (Å²) in [5.74, 6) is 0.594. The van der Waals surface area contributed by atoms with Gasteiger partial charge in [0.2, 0.25) is 5.91 Å². The average Bonchev–Trinajstić information content (AvgIpc) is 3.11. The highest BCUT2D eigenvalue weighted by Gasteiger charge is 2.21. The minimum absolute atomic E-state index is 0.0908. The first-order valence-corrected chi connectivity index (χ1v) is 10.6. The normalized spacial score (nSPS) is 12.0. The van der Waals surface area contributed by atoms with Crippen molar-refractivity contribution in [3.63, 3.8) is 0 Å². The topological polar surface area (TPSA) is 69.0 Å². The van der Waals surface area contributed by atoms with Crippen molar-refractivity contribution >= 4 is 35.0 Å². The van der Waals surface area contributed by atoms with E-state index in [1.54, 1.807) is 7.11 Å². The third kappa shape index (κ3) is 5.59. The molecule has 152 valence electrons. The van der Waals surface area contributed by atoms with Crippen molar-refractivity contribution in [2.75, 3.05) is 19.0 Å². The number of hydrogen-bond acceptors (Lipinski definition) is 5. The molecular weight excluding hydrogens is 408 g/mol. The summed E-state index contributed by atoms with van der Waals surface area (Å²) in [4.78, 5) is 12.6. The molecule has 8 heteroatoms. The van der Waals surface area contributed by atoms with Gasteiger partial charge in [0.1, 0.15) is 0 Å². The van der Waals surface area contributed by atoms with Gasteiger partial charge in [-0.15, -0.1) is 10.2 Å². The number of benzene rings is 2. The molecule has 0 saturated heterocycles. The highest BCUT2D eigenvalue weighted by atomic mass is 35.5. The van der Waals surface area contributed by atoms with Gasteiger partial charge in [0, 0.05) is 31.5 Å². The van der Waals surface area contributed by atoms with E-state index in [9.17, 15) is 4.79 Å². The summed E-state index contributed by atoms with van der Waals surface area (Å²) in [5.41, 5.74) is 1.58. The fourth-order valence-corrected chi connectivity index (χ4v) is 3.86. The highest BCUT2D eigenvalue weighted by molar-refractivity contribution is 8.00. The van der Waals surface area contributed by atoms with Crippen LogP contribution < -0.4 is 5.32 Å². The fourth-order valence-electron chi connectivity index (χ4n) is 2.76. The molecule has 3 aromatic rings. The maximum absolute atomic E-state index is 12.6. The monoisotopic (exact) mass is 430 g/mol. The van der Waals surface area contributed by atoms with Crippen molar-refractivity contribution in [3.8, 4) is 11.4 Å². The molecule has 1 heterocycles. The number of carbonyl (C=O) groups is 1. The number of thioether (sulfide) groups is 1. The Balaban J connectivity index is 1.80. The number of rotatable bonds is 9. The van der Waals surface area contributed by atoms with Crippen LogP contribution in [0.2, 0.25) is 5.02 Å². The first-order chi connectivity index (χ1) is 14.1. The zero-order valence-electron chi connectivity index (χ0n) is 16.3. The Labute approximate surface area is 179 Å². The summed E-state index contributed by atoms with van der Waals surface area (Å²) < 4.78 is 7.18. The van der Waals surface area contributed by atoms with E-state index >= 15 is 0 Å². The molecular formula is C21H23ClN4O2S. The van der Waals surface area contributed by atoms with Crippen LogP contribution in [0.4, 0.5) is 5.69 Å². The Hall–Kier alpha value is -2.35. The summed E-state index contributed by atoms with van der Waals surface area (Å²) in [6, 6.07) is 16.9. The van der Waals surface area contributed by atoms with Gasteiger partial charge in [-0.1, -0.05) is 53.7 Å². The molecule has 6 nitrogen and oxygen atoms in total. The van der Waals surface area contributed by atoms with Crippen LogP contribution in [0, 0.1) is 0 Å².